The summed E-state index contributed by atoms with van der Waals surface area (Å²) in [6, 6.07) is 2.27. The predicted octanol–water partition coefficient (Wildman–Crippen LogP) is 2.69. The van der Waals surface area contributed by atoms with Gasteiger partial charge in [-0.25, -0.2) is 0 Å². The number of hydrogen-bond donors (Lipinski definition) is 0. The van der Waals surface area contributed by atoms with Gasteiger partial charge in [0.05, 0.1) is 6.07 Å². The van der Waals surface area contributed by atoms with Crippen molar-refractivity contribution in [1.82, 2.24) is 0 Å². The van der Waals surface area contributed by atoms with E-state index in [0.717, 1.165) is 12.8 Å². The molecular formula is C12H17NO. The van der Waals surface area contributed by atoms with E-state index in [0.29, 0.717) is 18.6 Å². The van der Waals surface area contributed by atoms with Crippen LogP contribution in [-0.4, -0.2) is 5.78 Å². The SMILES string of the molecule is CC1(C)[C@@]2(CC#N)CC[C@]1(C)C(=O)C2. The topological polar surface area (TPSA) is 40.9 Å². The molecule has 0 N–H and O–H groups in total. The van der Waals surface area contributed by atoms with Gasteiger partial charge in [0.2, 0.25) is 0 Å². The first-order valence-electron chi connectivity index (χ1n) is 5.30. The summed E-state index contributed by atoms with van der Waals surface area (Å²) in [5.74, 6) is 0.379. The first-order chi connectivity index (χ1) is 6.40. The molecule has 2 aliphatic carbocycles. The maximum atomic E-state index is 11.9. The first-order valence-corrected chi connectivity index (χ1v) is 5.30. The van der Waals surface area contributed by atoms with Crippen LogP contribution in [0.25, 0.3) is 0 Å². The summed E-state index contributed by atoms with van der Waals surface area (Å²) in [6.07, 6.45) is 3.20. The highest BCUT2D eigenvalue weighted by atomic mass is 16.1. The Morgan fingerprint density at radius 1 is 1.36 bits per heavy atom. The quantitative estimate of drug-likeness (QED) is 0.639. The number of rotatable bonds is 1. The maximum absolute atomic E-state index is 11.9. The van der Waals surface area contributed by atoms with E-state index >= 15 is 0 Å². The summed E-state index contributed by atoms with van der Waals surface area (Å²) >= 11 is 0. The van der Waals surface area contributed by atoms with E-state index in [9.17, 15) is 4.79 Å². The normalized spacial score (nSPS) is 44.0. The van der Waals surface area contributed by atoms with Crippen molar-refractivity contribution in [2.45, 2.75) is 46.5 Å². The summed E-state index contributed by atoms with van der Waals surface area (Å²) in [5.41, 5.74) is -0.176. The van der Waals surface area contributed by atoms with Gasteiger partial charge in [0.15, 0.2) is 0 Å². The van der Waals surface area contributed by atoms with Gasteiger partial charge >= 0.3 is 0 Å². The Bertz CT molecular complexity index is 339. The number of nitriles is 1. The van der Waals surface area contributed by atoms with Crippen LogP contribution in [0.4, 0.5) is 0 Å². The molecule has 0 aromatic rings. The second-order valence-corrected chi connectivity index (χ2v) is 5.67. The number of fused-ring (bicyclic) bond motifs is 2. The molecule has 2 saturated carbocycles. The Morgan fingerprint density at radius 3 is 2.36 bits per heavy atom. The van der Waals surface area contributed by atoms with Crippen LogP contribution in [0.5, 0.6) is 0 Å². The molecule has 0 saturated heterocycles. The third-order valence-electron chi connectivity index (χ3n) is 5.34. The molecule has 2 heteroatoms. The molecule has 2 aliphatic rings. The van der Waals surface area contributed by atoms with Crippen LogP contribution in [0.15, 0.2) is 0 Å². The van der Waals surface area contributed by atoms with Gasteiger partial charge in [-0.3, -0.25) is 4.79 Å². The molecule has 0 aromatic carbocycles. The van der Waals surface area contributed by atoms with E-state index in [1.54, 1.807) is 0 Å². The van der Waals surface area contributed by atoms with Crippen molar-refractivity contribution in [2.24, 2.45) is 16.2 Å². The zero-order valence-corrected chi connectivity index (χ0v) is 9.18. The first kappa shape index (κ1) is 9.71. The van der Waals surface area contributed by atoms with Crippen LogP contribution in [0.1, 0.15) is 46.5 Å². The summed E-state index contributed by atoms with van der Waals surface area (Å²) in [4.78, 5) is 11.9. The number of carbonyl (C=O) groups excluding carboxylic acids is 1. The second-order valence-electron chi connectivity index (χ2n) is 5.67. The van der Waals surface area contributed by atoms with Crippen LogP contribution in [0, 0.1) is 27.6 Å². The fourth-order valence-corrected chi connectivity index (χ4v) is 3.52. The average Bonchev–Trinajstić information content (AvgIpc) is 2.35. The number of carbonyl (C=O) groups is 1. The summed E-state index contributed by atoms with van der Waals surface area (Å²) in [7, 11) is 0. The van der Waals surface area contributed by atoms with Crippen LogP contribution < -0.4 is 0 Å². The van der Waals surface area contributed by atoms with Gasteiger partial charge < -0.3 is 0 Å². The molecule has 0 unspecified atom stereocenters. The van der Waals surface area contributed by atoms with E-state index in [1.807, 2.05) is 0 Å². The van der Waals surface area contributed by atoms with Gasteiger partial charge in [-0.1, -0.05) is 20.8 Å². The third kappa shape index (κ3) is 0.751. The van der Waals surface area contributed by atoms with Gasteiger partial charge in [-0.05, 0) is 23.7 Å². The van der Waals surface area contributed by atoms with Crippen molar-refractivity contribution >= 4 is 5.78 Å². The van der Waals surface area contributed by atoms with Crippen molar-refractivity contribution in [3.05, 3.63) is 0 Å². The van der Waals surface area contributed by atoms with Crippen LogP contribution in [-0.2, 0) is 4.79 Å². The summed E-state index contributed by atoms with van der Waals surface area (Å²) < 4.78 is 0. The van der Waals surface area contributed by atoms with E-state index in [1.165, 1.54) is 0 Å². The van der Waals surface area contributed by atoms with Crippen LogP contribution >= 0.6 is 0 Å². The highest BCUT2D eigenvalue weighted by molar-refractivity contribution is 5.90. The molecular weight excluding hydrogens is 174 g/mol. The van der Waals surface area contributed by atoms with Gasteiger partial charge in [0.25, 0.3) is 0 Å². The Kier molecular flexibility index (Phi) is 1.66. The van der Waals surface area contributed by atoms with Crippen LogP contribution in [0.3, 0.4) is 0 Å². The monoisotopic (exact) mass is 191 g/mol. The van der Waals surface area contributed by atoms with Gasteiger partial charge in [0.1, 0.15) is 5.78 Å². The van der Waals surface area contributed by atoms with E-state index in [2.05, 4.69) is 26.8 Å². The summed E-state index contributed by atoms with van der Waals surface area (Å²) in [6.45, 7) is 6.42. The lowest BCUT2D eigenvalue weighted by molar-refractivity contribution is -0.128. The Hall–Kier alpha value is -0.840. The fourth-order valence-electron chi connectivity index (χ4n) is 3.52. The lowest BCUT2D eigenvalue weighted by atomic mass is 9.64. The van der Waals surface area contributed by atoms with Gasteiger partial charge in [-0.2, -0.15) is 5.26 Å². The fraction of sp³-hybridized carbons (Fsp3) is 0.833. The zero-order chi connectivity index (χ0) is 10.6. The molecule has 0 amide bonds. The molecule has 76 valence electrons. The standard InChI is InChI=1S/C12H17NO/c1-10(2)11(3)4-5-12(10,6-7-13)8-9(11)14/h4-6,8H2,1-3H3/t11-,12-/m1/s1. The molecule has 0 aromatic heterocycles. The lowest BCUT2D eigenvalue weighted by Crippen LogP contribution is -2.35. The molecule has 0 aliphatic heterocycles. The van der Waals surface area contributed by atoms with Gasteiger partial charge in [0, 0.05) is 18.3 Å². The molecule has 14 heavy (non-hydrogen) atoms. The molecule has 2 atom stereocenters. The Balaban J connectivity index is 2.50. The van der Waals surface area contributed by atoms with Crippen molar-refractivity contribution in [1.29, 1.82) is 5.26 Å². The molecule has 2 nitrogen and oxygen atoms in total. The minimum Gasteiger partial charge on any atom is -0.299 e. The number of nitrogens with zero attached hydrogens (tertiary/aromatic N) is 1. The maximum Gasteiger partial charge on any atom is 0.139 e. The number of Topliss-reactive ketones (excluding diaryl/α,β-unsaturated/α-hetero) is 1. The second kappa shape index (κ2) is 2.39. The highest BCUT2D eigenvalue weighted by Crippen LogP contribution is 2.71. The average molecular weight is 191 g/mol. The van der Waals surface area contributed by atoms with E-state index in [-0.39, 0.29) is 16.2 Å². The third-order valence-corrected chi connectivity index (χ3v) is 5.34. The van der Waals surface area contributed by atoms with Crippen molar-refractivity contribution in [2.75, 3.05) is 0 Å². The zero-order valence-electron chi connectivity index (χ0n) is 9.18. The van der Waals surface area contributed by atoms with E-state index in [4.69, 9.17) is 5.26 Å². The Morgan fingerprint density at radius 2 is 2.00 bits per heavy atom. The largest absolute Gasteiger partial charge is 0.299 e. The molecule has 0 radical (unpaired) electrons. The molecule has 0 spiro atoms. The minimum atomic E-state index is -0.163. The summed E-state index contributed by atoms with van der Waals surface area (Å²) in [5, 5.41) is 8.88. The minimum absolute atomic E-state index is 0.00676. The molecule has 0 heterocycles. The van der Waals surface area contributed by atoms with Crippen LogP contribution in [0.2, 0.25) is 0 Å². The highest BCUT2D eigenvalue weighted by Gasteiger charge is 2.69. The predicted molar refractivity (Wildman–Crippen MR) is 53.4 cm³/mol. The molecule has 2 fully saturated rings. The van der Waals surface area contributed by atoms with Gasteiger partial charge in [-0.15, -0.1) is 0 Å². The van der Waals surface area contributed by atoms with Crippen molar-refractivity contribution in [3.8, 4) is 6.07 Å². The van der Waals surface area contributed by atoms with Crippen molar-refractivity contribution < 1.29 is 4.79 Å². The lowest BCUT2D eigenvalue weighted by Gasteiger charge is -2.38. The molecule has 2 rings (SSSR count). The van der Waals surface area contributed by atoms with E-state index < -0.39 is 0 Å². The smallest absolute Gasteiger partial charge is 0.139 e. The Labute approximate surface area is 85.3 Å². The van der Waals surface area contributed by atoms with Crippen molar-refractivity contribution in [3.63, 3.8) is 0 Å². The number of hydrogen-bond acceptors (Lipinski definition) is 2. The molecule has 2 bridgehead atoms. The number of ketones is 1.